The summed E-state index contributed by atoms with van der Waals surface area (Å²) in [7, 11) is 3.38. The maximum absolute atomic E-state index is 11.6. The van der Waals surface area contributed by atoms with Crippen molar-refractivity contribution in [2.45, 2.75) is 26.2 Å². The van der Waals surface area contributed by atoms with Crippen LogP contribution in [0.25, 0.3) is 11.0 Å². The number of rotatable bonds is 1. The van der Waals surface area contributed by atoms with Crippen LogP contribution in [0.3, 0.4) is 0 Å². The van der Waals surface area contributed by atoms with Gasteiger partial charge < -0.3 is 9.88 Å². The minimum Gasteiger partial charge on any atom is -0.331 e. The average Bonchev–Trinajstić information content (AvgIpc) is 2.68. The van der Waals surface area contributed by atoms with Crippen LogP contribution in [0.5, 0.6) is 0 Å². The van der Waals surface area contributed by atoms with Gasteiger partial charge in [0.1, 0.15) is 0 Å². The Bertz CT molecular complexity index is 607. The summed E-state index contributed by atoms with van der Waals surface area (Å²) in [5.41, 5.74) is 3.10. The summed E-state index contributed by atoms with van der Waals surface area (Å²) in [6, 6.07) is 5.92. The zero-order chi connectivity index (χ0) is 14.2. The molecule has 0 spiro atoms. The molecule has 2 aromatic rings. The van der Waals surface area contributed by atoms with E-state index in [4.69, 9.17) is 0 Å². The van der Waals surface area contributed by atoms with Gasteiger partial charge in [-0.05, 0) is 23.1 Å². The van der Waals surface area contributed by atoms with Gasteiger partial charge in [0.15, 0.2) is 0 Å². The highest BCUT2D eigenvalue weighted by Crippen LogP contribution is 2.25. The number of nitrogens with one attached hydrogen (secondary N) is 2. The number of imidazole rings is 1. The highest BCUT2D eigenvalue weighted by atomic mass is 16.2. The van der Waals surface area contributed by atoms with Crippen molar-refractivity contribution in [3.8, 4) is 0 Å². The van der Waals surface area contributed by atoms with Crippen molar-refractivity contribution in [1.29, 1.82) is 0 Å². The Morgan fingerprint density at radius 1 is 1.32 bits per heavy atom. The van der Waals surface area contributed by atoms with E-state index in [1.54, 1.807) is 14.1 Å². The van der Waals surface area contributed by atoms with Crippen molar-refractivity contribution in [1.82, 2.24) is 14.9 Å². The summed E-state index contributed by atoms with van der Waals surface area (Å²) in [5.74, 6) is 0.472. The van der Waals surface area contributed by atoms with Gasteiger partial charge in [-0.1, -0.05) is 26.8 Å². The van der Waals surface area contributed by atoms with Crippen LogP contribution >= 0.6 is 0 Å². The molecular weight excluding hydrogens is 240 g/mol. The van der Waals surface area contributed by atoms with Crippen molar-refractivity contribution in [3.05, 3.63) is 23.8 Å². The second-order valence-corrected chi connectivity index (χ2v) is 5.89. The van der Waals surface area contributed by atoms with E-state index in [0.717, 1.165) is 11.0 Å². The molecule has 5 nitrogen and oxygen atoms in total. The number of hydrogen-bond acceptors (Lipinski definition) is 2. The van der Waals surface area contributed by atoms with Crippen LogP contribution in [0.4, 0.5) is 10.7 Å². The third-order valence-electron chi connectivity index (χ3n) is 2.98. The van der Waals surface area contributed by atoms with E-state index >= 15 is 0 Å². The number of aromatic amines is 1. The van der Waals surface area contributed by atoms with Crippen molar-refractivity contribution < 1.29 is 4.79 Å². The van der Waals surface area contributed by atoms with Gasteiger partial charge >= 0.3 is 6.03 Å². The molecule has 1 heterocycles. The Kier molecular flexibility index (Phi) is 3.22. The molecule has 0 fully saturated rings. The van der Waals surface area contributed by atoms with Crippen LogP contribution in [0.15, 0.2) is 18.2 Å². The number of aromatic nitrogens is 2. The highest BCUT2D eigenvalue weighted by Gasteiger charge is 2.15. The molecule has 1 aromatic heterocycles. The van der Waals surface area contributed by atoms with Gasteiger partial charge in [-0.3, -0.25) is 5.32 Å². The van der Waals surface area contributed by atoms with Gasteiger partial charge in [-0.25, -0.2) is 9.78 Å². The smallest absolute Gasteiger partial charge is 0.323 e. The molecule has 0 aliphatic carbocycles. The quantitative estimate of drug-likeness (QED) is 0.828. The minimum absolute atomic E-state index is 0.0896. The molecule has 2 rings (SSSR count). The molecule has 0 aliphatic rings. The molecular formula is C14H20N4O. The molecule has 2 N–H and O–H groups in total. The number of nitrogens with zero attached hydrogens (tertiary/aromatic N) is 2. The summed E-state index contributed by atoms with van der Waals surface area (Å²) >= 11 is 0. The summed E-state index contributed by atoms with van der Waals surface area (Å²) in [4.78, 5) is 20.5. The summed E-state index contributed by atoms with van der Waals surface area (Å²) in [6.07, 6.45) is 0. The van der Waals surface area contributed by atoms with E-state index in [2.05, 4.69) is 48.2 Å². The van der Waals surface area contributed by atoms with Crippen molar-refractivity contribution >= 4 is 23.0 Å². The fourth-order valence-corrected chi connectivity index (χ4v) is 1.75. The molecule has 102 valence electrons. The minimum atomic E-state index is -0.199. The second kappa shape index (κ2) is 4.57. The molecule has 0 saturated carbocycles. The summed E-state index contributed by atoms with van der Waals surface area (Å²) in [6.45, 7) is 6.50. The van der Waals surface area contributed by atoms with Gasteiger partial charge in [0.05, 0.1) is 11.0 Å². The Morgan fingerprint density at radius 2 is 2.00 bits per heavy atom. The average molecular weight is 260 g/mol. The summed E-state index contributed by atoms with van der Waals surface area (Å²) in [5, 5.41) is 2.71. The second-order valence-electron chi connectivity index (χ2n) is 5.89. The fraction of sp³-hybridized carbons (Fsp3) is 0.429. The number of fused-ring (bicyclic) bond motifs is 1. The zero-order valence-electron chi connectivity index (χ0n) is 12.0. The topological polar surface area (TPSA) is 61.0 Å². The SMILES string of the molecule is CN(C)C(=O)Nc1nc2ccc(C(C)(C)C)cc2[nH]1. The lowest BCUT2D eigenvalue weighted by molar-refractivity contribution is 0.230. The maximum atomic E-state index is 11.6. The van der Waals surface area contributed by atoms with Crippen LogP contribution in [0.2, 0.25) is 0 Å². The number of carbonyl (C=O) groups excluding carboxylic acids is 1. The van der Waals surface area contributed by atoms with Gasteiger partial charge in [-0.2, -0.15) is 0 Å². The zero-order valence-corrected chi connectivity index (χ0v) is 12.0. The Hall–Kier alpha value is -2.04. The van der Waals surface area contributed by atoms with Crippen molar-refractivity contribution in [2.75, 3.05) is 19.4 Å². The third-order valence-corrected chi connectivity index (χ3v) is 2.98. The van der Waals surface area contributed by atoms with E-state index in [1.165, 1.54) is 10.5 Å². The maximum Gasteiger partial charge on any atom is 0.323 e. The van der Waals surface area contributed by atoms with Crippen LogP contribution in [-0.4, -0.2) is 35.0 Å². The van der Waals surface area contributed by atoms with Crippen molar-refractivity contribution in [3.63, 3.8) is 0 Å². The standard InChI is InChI=1S/C14H20N4O/c1-14(2,3)9-6-7-10-11(8-9)16-12(15-10)17-13(19)18(4)5/h6-8H,1-5H3,(H2,15,16,17,19). The fourth-order valence-electron chi connectivity index (χ4n) is 1.75. The molecule has 0 saturated heterocycles. The normalized spacial score (nSPS) is 11.6. The van der Waals surface area contributed by atoms with Gasteiger partial charge in [0.25, 0.3) is 0 Å². The monoisotopic (exact) mass is 260 g/mol. The van der Waals surface area contributed by atoms with Gasteiger partial charge in [0.2, 0.25) is 5.95 Å². The van der Waals surface area contributed by atoms with Crippen LogP contribution in [-0.2, 0) is 5.41 Å². The Balaban J connectivity index is 2.33. The Labute approximate surface area is 113 Å². The number of benzene rings is 1. The molecule has 0 atom stereocenters. The highest BCUT2D eigenvalue weighted by molar-refractivity contribution is 5.89. The number of hydrogen-bond donors (Lipinski definition) is 2. The van der Waals surface area contributed by atoms with E-state index in [9.17, 15) is 4.79 Å². The number of urea groups is 1. The van der Waals surface area contributed by atoms with Crippen LogP contribution < -0.4 is 5.32 Å². The molecule has 0 unspecified atom stereocenters. The molecule has 19 heavy (non-hydrogen) atoms. The first kappa shape index (κ1) is 13.4. The Morgan fingerprint density at radius 3 is 2.58 bits per heavy atom. The lowest BCUT2D eigenvalue weighted by Gasteiger charge is -2.18. The third kappa shape index (κ3) is 2.86. The van der Waals surface area contributed by atoms with Gasteiger partial charge in [-0.15, -0.1) is 0 Å². The lowest BCUT2D eigenvalue weighted by Crippen LogP contribution is -2.27. The van der Waals surface area contributed by atoms with Crippen molar-refractivity contribution in [2.24, 2.45) is 0 Å². The number of H-pyrrole nitrogens is 1. The number of carbonyl (C=O) groups is 1. The molecule has 5 heteroatoms. The van der Waals surface area contributed by atoms with E-state index in [0.29, 0.717) is 5.95 Å². The van der Waals surface area contributed by atoms with Crippen LogP contribution in [0, 0.1) is 0 Å². The largest absolute Gasteiger partial charge is 0.331 e. The summed E-state index contributed by atoms with van der Waals surface area (Å²) < 4.78 is 0. The molecule has 0 bridgehead atoms. The first-order chi connectivity index (χ1) is 8.77. The molecule has 0 aliphatic heterocycles. The van der Waals surface area contributed by atoms with Crippen LogP contribution in [0.1, 0.15) is 26.3 Å². The predicted octanol–water partition coefficient (Wildman–Crippen LogP) is 2.95. The number of amides is 2. The lowest BCUT2D eigenvalue weighted by atomic mass is 9.87. The predicted molar refractivity (Wildman–Crippen MR) is 77.5 cm³/mol. The molecule has 0 radical (unpaired) electrons. The molecule has 2 amide bonds. The first-order valence-corrected chi connectivity index (χ1v) is 6.26. The molecule has 1 aromatic carbocycles. The van der Waals surface area contributed by atoms with E-state index in [-0.39, 0.29) is 11.4 Å². The first-order valence-electron chi connectivity index (χ1n) is 6.26. The van der Waals surface area contributed by atoms with Gasteiger partial charge in [0, 0.05) is 14.1 Å². The van der Waals surface area contributed by atoms with E-state index in [1.807, 2.05) is 6.07 Å². The van der Waals surface area contributed by atoms with E-state index < -0.39 is 0 Å². The number of anilines is 1.